The van der Waals surface area contributed by atoms with E-state index in [9.17, 15) is 9.59 Å². The van der Waals surface area contributed by atoms with Crippen LogP contribution in [0.4, 0.5) is 5.95 Å². The highest BCUT2D eigenvalue weighted by molar-refractivity contribution is 7.12. The normalized spacial score (nSPS) is 9.78. The first-order valence-corrected chi connectivity index (χ1v) is 6.02. The van der Waals surface area contributed by atoms with Gasteiger partial charge in [0.1, 0.15) is 0 Å². The molecule has 0 atom stereocenters. The molecule has 0 radical (unpaired) electrons. The zero-order chi connectivity index (χ0) is 12.8. The molecule has 0 fully saturated rings. The van der Waals surface area contributed by atoms with Crippen molar-refractivity contribution in [1.29, 1.82) is 0 Å². The van der Waals surface area contributed by atoms with Gasteiger partial charge >= 0.3 is 0 Å². The Labute approximate surface area is 107 Å². The van der Waals surface area contributed by atoms with Crippen molar-refractivity contribution in [2.45, 2.75) is 0 Å². The van der Waals surface area contributed by atoms with Gasteiger partial charge in [-0.05, 0) is 17.5 Å². The number of carbonyl (C=O) groups is 2. The lowest BCUT2D eigenvalue weighted by Gasteiger charge is -2.04. The van der Waals surface area contributed by atoms with Crippen LogP contribution in [-0.2, 0) is 4.79 Å². The molecule has 0 aliphatic heterocycles. The minimum absolute atomic E-state index is 0.116. The quantitative estimate of drug-likeness (QED) is 0.857. The van der Waals surface area contributed by atoms with Gasteiger partial charge in [0, 0.05) is 12.4 Å². The third-order valence-electron chi connectivity index (χ3n) is 1.97. The van der Waals surface area contributed by atoms with E-state index in [1.54, 1.807) is 23.6 Å². The maximum atomic E-state index is 11.6. The van der Waals surface area contributed by atoms with E-state index < -0.39 is 0 Å². The number of anilines is 1. The number of nitrogens with zero attached hydrogens (tertiary/aromatic N) is 2. The molecule has 0 saturated heterocycles. The van der Waals surface area contributed by atoms with Gasteiger partial charge in [-0.25, -0.2) is 9.97 Å². The molecule has 2 N–H and O–H groups in total. The maximum Gasteiger partial charge on any atom is 0.261 e. The first-order chi connectivity index (χ1) is 8.75. The Hall–Kier alpha value is -2.28. The minimum Gasteiger partial charge on any atom is -0.342 e. The molecule has 7 heteroatoms. The van der Waals surface area contributed by atoms with Crippen LogP contribution < -0.4 is 10.6 Å². The highest BCUT2D eigenvalue weighted by Gasteiger charge is 2.09. The van der Waals surface area contributed by atoms with Gasteiger partial charge < -0.3 is 5.32 Å². The molecule has 0 aliphatic carbocycles. The smallest absolute Gasteiger partial charge is 0.261 e. The van der Waals surface area contributed by atoms with E-state index in [4.69, 9.17) is 0 Å². The highest BCUT2D eigenvalue weighted by Crippen LogP contribution is 2.07. The van der Waals surface area contributed by atoms with E-state index in [-0.39, 0.29) is 24.3 Å². The SMILES string of the molecule is O=C(CNC(=O)c1cccs1)Nc1ncccn1. The Balaban J connectivity index is 1.80. The first-order valence-electron chi connectivity index (χ1n) is 5.14. The second-order valence-electron chi connectivity index (χ2n) is 3.28. The lowest BCUT2D eigenvalue weighted by molar-refractivity contribution is -0.115. The molecule has 0 bridgehead atoms. The number of hydrogen-bond donors (Lipinski definition) is 2. The average molecular weight is 262 g/mol. The van der Waals surface area contributed by atoms with Crippen LogP contribution in [0.5, 0.6) is 0 Å². The van der Waals surface area contributed by atoms with Crippen molar-refractivity contribution in [3.8, 4) is 0 Å². The van der Waals surface area contributed by atoms with Crippen LogP contribution in [0.1, 0.15) is 9.67 Å². The van der Waals surface area contributed by atoms with Crippen LogP contribution in [0, 0.1) is 0 Å². The molecule has 2 aromatic rings. The topological polar surface area (TPSA) is 84.0 Å². The van der Waals surface area contributed by atoms with Gasteiger partial charge in [0.25, 0.3) is 5.91 Å². The summed E-state index contributed by atoms with van der Waals surface area (Å²) in [5.74, 6) is -0.423. The van der Waals surface area contributed by atoms with Crippen molar-refractivity contribution in [2.75, 3.05) is 11.9 Å². The fourth-order valence-electron chi connectivity index (χ4n) is 1.19. The van der Waals surface area contributed by atoms with Crippen LogP contribution in [-0.4, -0.2) is 28.3 Å². The van der Waals surface area contributed by atoms with Crippen LogP contribution in [0.25, 0.3) is 0 Å². The molecule has 0 saturated carbocycles. The molecule has 0 unspecified atom stereocenters. The number of nitrogens with one attached hydrogen (secondary N) is 2. The van der Waals surface area contributed by atoms with Gasteiger partial charge in [-0.2, -0.15) is 0 Å². The first kappa shape index (κ1) is 12.2. The number of hydrogen-bond acceptors (Lipinski definition) is 5. The van der Waals surface area contributed by atoms with Crippen LogP contribution >= 0.6 is 11.3 Å². The maximum absolute atomic E-state index is 11.6. The molecule has 0 spiro atoms. The Morgan fingerprint density at radius 2 is 2.00 bits per heavy atom. The second kappa shape index (κ2) is 5.87. The second-order valence-corrected chi connectivity index (χ2v) is 4.23. The molecule has 18 heavy (non-hydrogen) atoms. The van der Waals surface area contributed by atoms with Crippen LogP contribution in [0.15, 0.2) is 36.0 Å². The highest BCUT2D eigenvalue weighted by atomic mass is 32.1. The van der Waals surface area contributed by atoms with Gasteiger partial charge in [-0.3, -0.25) is 14.9 Å². The summed E-state index contributed by atoms with van der Waals surface area (Å²) in [5, 5.41) is 6.78. The molecule has 92 valence electrons. The summed E-state index contributed by atoms with van der Waals surface area (Å²) in [7, 11) is 0. The largest absolute Gasteiger partial charge is 0.342 e. The van der Waals surface area contributed by atoms with Crippen LogP contribution in [0.2, 0.25) is 0 Å². The van der Waals surface area contributed by atoms with Crippen molar-refractivity contribution in [1.82, 2.24) is 15.3 Å². The predicted octanol–water partition coefficient (Wildman–Crippen LogP) is 0.907. The van der Waals surface area contributed by atoms with Crippen molar-refractivity contribution < 1.29 is 9.59 Å². The van der Waals surface area contributed by atoms with Gasteiger partial charge in [0.2, 0.25) is 11.9 Å². The summed E-state index contributed by atoms with van der Waals surface area (Å²) in [6.07, 6.45) is 3.04. The van der Waals surface area contributed by atoms with E-state index in [1.165, 1.54) is 23.7 Å². The molecule has 0 aliphatic rings. The fraction of sp³-hybridized carbons (Fsp3) is 0.0909. The molecule has 6 nitrogen and oxygen atoms in total. The summed E-state index contributed by atoms with van der Waals surface area (Å²) in [5.41, 5.74) is 0. The molecule has 2 rings (SSSR count). The average Bonchev–Trinajstić information content (AvgIpc) is 2.91. The molecular weight excluding hydrogens is 252 g/mol. The number of rotatable bonds is 4. The summed E-state index contributed by atoms with van der Waals surface area (Å²) >= 11 is 1.32. The summed E-state index contributed by atoms with van der Waals surface area (Å²) in [4.78, 5) is 31.3. The Morgan fingerprint density at radius 1 is 1.22 bits per heavy atom. The van der Waals surface area contributed by atoms with Gasteiger partial charge in [0.05, 0.1) is 11.4 Å². The molecule has 2 aromatic heterocycles. The van der Waals surface area contributed by atoms with Crippen molar-refractivity contribution in [3.05, 3.63) is 40.8 Å². The number of aromatic nitrogens is 2. The third kappa shape index (κ3) is 3.36. The van der Waals surface area contributed by atoms with Gasteiger partial charge in [-0.1, -0.05) is 6.07 Å². The molecule has 2 amide bonds. The Kier molecular flexibility index (Phi) is 3.98. The van der Waals surface area contributed by atoms with Crippen molar-refractivity contribution in [2.24, 2.45) is 0 Å². The zero-order valence-electron chi connectivity index (χ0n) is 9.29. The molecule has 2 heterocycles. The van der Waals surface area contributed by atoms with Gasteiger partial charge in [-0.15, -0.1) is 11.3 Å². The van der Waals surface area contributed by atoms with E-state index >= 15 is 0 Å². The number of thiophene rings is 1. The van der Waals surface area contributed by atoms with Gasteiger partial charge in [0.15, 0.2) is 0 Å². The lowest BCUT2D eigenvalue weighted by Crippen LogP contribution is -2.32. The van der Waals surface area contributed by atoms with E-state index in [0.717, 1.165) is 0 Å². The third-order valence-corrected chi connectivity index (χ3v) is 2.84. The zero-order valence-corrected chi connectivity index (χ0v) is 10.1. The van der Waals surface area contributed by atoms with E-state index in [2.05, 4.69) is 20.6 Å². The van der Waals surface area contributed by atoms with Crippen molar-refractivity contribution >= 4 is 29.1 Å². The summed E-state index contributed by atoms with van der Waals surface area (Å²) in [6, 6.07) is 5.11. The van der Waals surface area contributed by atoms with Crippen LogP contribution in [0.3, 0.4) is 0 Å². The summed E-state index contributed by atoms with van der Waals surface area (Å²) < 4.78 is 0. The fourth-order valence-corrected chi connectivity index (χ4v) is 1.83. The summed E-state index contributed by atoms with van der Waals surface area (Å²) in [6.45, 7) is -0.116. The standard InChI is InChI=1S/C11H10N4O2S/c16-9(15-11-12-4-2-5-13-11)7-14-10(17)8-3-1-6-18-8/h1-6H,7H2,(H,14,17)(H,12,13,15,16). The lowest BCUT2D eigenvalue weighted by atomic mass is 10.4. The number of carbonyl (C=O) groups excluding carboxylic acids is 2. The van der Waals surface area contributed by atoms with E-state index in [1.807, 2.05) is 0 Å². The predicted molar refractivity (Wildman–Crippen MR) is 67.3 cm³/mol. The molecular formula is C11H10N4O2S. The monoisotopic (exact) mass is 262 g/mol. The number of amides is 2. The molecule has 0 aromatic carbocycles. The Morgan fingerprint density at radius 3 is 2.67 bits per heavy atom. The Bertz CT molecular complexity index is 527. The van der Waals surface area contributed by atoms with Crippen molar-refractivity contribution in [3.63, 3.8) is 0 Å². The van der Waals surface area contributed by atoms with E-state index in [0.29, 0.717) is 4.88 Å². The minimum atomic E-state index is -0.369.